The zero-order valence-corrected chi connectivity index (χ0v) is 13.0. The SMILES string of the molecule is CC(=O)N1CC2CC(O)CN2C2(C1)CN(C1CCCC1)C2. The number of nitrogens with zero attached hydrogens (tertiary/aromatic N) is 3. The van der Waals surface area contributed by atoms with E-state index in [1.807, 2.05) is 4.90 Å². The van der Waals surface area contributed by atoms with E-state index in [1.165, 1.54) is 25.7 Å². The predicted octanol–water partition coefficient (Wildman–Crippen LogP) is 0.281. The summed E-state index contributed by atoms with van der Waals surface area (Å²) in [6.45, 7) is 6.32. The monoisotopic (exact) mass is 293 g/mol. The Kier molecular flexibility index (Phi) is 3.28. The average molecular weight is 293 g/mol. The topological polar surface area (TPSA) is 47.0 Å². The number of fused-ring (bicyclic) bond motifs is 2. The highest BCUT2D eigenvalue weighted by molar-refractivity contribution is 5.73. The molecule has 1 saturated carbocycles. The molecule has 118 valence electrons. The lowest BCUT2D eigenvalue weighted by atomic mass is 9.82. The summed E-state index contributed by atoms with van der Waals surface area (Å²) >= 11 is 0. The number of likely N-dealkylation sites (tertiary alicyclic amines) is 1. The van der Waals surface area contributed by atoms with Crippen LogP contribution in [0.1, 0.15) is 39.0 Å². The van der Waals surface area contributed by atoms with E-state index in [9.17, 15) is 9.90 Å². The van der Waals surface area contributed by atoms with Gasteiger partial charge in [-0.15, -0.1) is 0 Å². The summed E-state index contributed by atoms with van der Waals surface area (Å²) < 4.78 is 0. The molecule has 0 aromatic rings. The normalized spacial score (nSPS) is 37.0. The van der Waals surface area contributed by atoms with Gasteiger partial charge >= 0.3 is 0 Å². The van der Waals surface area contributed by atoms with Gasteiger partial charge in [0, 0.05) is 51.7 Å². The molecule has 5 nitrogen and oxygen atoms in total. The Morgan fingerprint density at radius 3 is 2.48 bits per heavy atom. The number of β-amino-alcohol motifs (C(OH)–C–C–N with tert-alkyl or cyclic N) is 1. The van der Waals surface area contributed by atoms with Gasteiger partial charge in [-0.2, -0.15) is 0 Å². The van der Waals surface area contributed by atoms with E-state index < -0.39 is 0 Å². The zero-order chi connectivity index (χ0) is 14.6. The number of amides is 1. The van der Waals surface area contributed by atoms with Crippen molar-refractivity contribution >= 4 is 5.91 Å². The minimum absolute atomic E-state index is 0.120. The first-order chi connectivity index (χ1) is 10.1. The maximum Gasteiger partial charge on any atom is 0.219 e. The number of hydrogen-bond donors (Lipinski definition) is 1. The molecule has 1 aliphatic carbocycles. The van der Waals surface area contributed by atoms with Gasteiger partial charge in [-0.25, -0.2) is 0 Å². The fourth-order valence-electron chi connectivity index (χ4n) is 5.17. The van der Waals surface area contributed by atoms with Gasteiger partial charge in [0.2, 0.25) is 5.91 Å². The molecule has 3 heterocycles. The molecule has 4 fully saturated rings. The molecule has 1 spiro atoms. The van der Waals surface area contributed by atoms with E-state index in [2.05, 4.69) is 9.80 Å². The van der Waals surface area contributed by atoms with Crippen LogP contribution in [0.3, 0.4) is 0 Å². The molecule has 4 aliphatic rings. The van der Waals surface area contributed by atoms with Crippen LogP contribution in [0.25, 0.3) is 0 Å². The summed E-state index contributed by atoms with van der Waals surface area (Å²) in [4.78, 5) is 19.0. The second-order valence-electron chi connectivity index (χ2n) is 7.66. The molecule has 21 heavy (non-hydrogen) atoms. The maximum atomic E-state index is 11.9. The summed E-state index contributed by atoms with van der Waals surface area (Å²) in [5.41, 5.74) is 0.120. The number of carbonyl (C=O) groups excluding carboxylic acids is 1. The van der Waals surface area contributed by atoms with Crippen LogP contribution in [0.2, 0.25) is 0 Å². The number of aliphatic hydroxyl groups is 1. The molecule has 5 heteroatoms. The van der Waals surface area contributed by atoms with Crippen molar-refractivity contribution in [1.82, 2.24) is 14.7 Å². The van der Waals surface area contributed by atoms with Gasteiger partial charge in [0.1, 0.15) is 0 Å². The number of aliphatic hydroxyl groups excluding tert-OH is 1. The van der Waals surface area contributed by atoms with Crippen molar-refractivity contribution in [1.29, 1.82) is 0 Å². The van der Waals surface area contributed by atoms with Crippen LogP contribution in [0.5, 0.6) is 0 Å². The molecule has 1 amide bonds. The van der Waals surface area contributed by atoms with Crippen molar-refractivity contribution in [2.24, 2.45) is 0 Å². The van der Waals surface area contributed by atoms with Crippen molar-refractivity contribution in [3.05, 3.63) is 0 Å². The van der Waals surface area contributed by atoms with E-state index in [1.54, 1.807) is 6.92 Å². The van der Waals surface area contributed by atoms with Gasteiger partial charge in [0.25, 0.3) is 0 Å². The van der Waals surface area contributed by atoms with Crippen molar-refractivity contribution in [2.75, 3.05) is 32.7 Å². The molecular weight excluding hydrogens is 266 g/mol. The van der Waals surface area contributed by atoms with Crippen molar-refractivity contribution < 1.29 is 9.90 Å². The van der Waals surface area contributed by atoms with E-state index in [4.69, 9.17) is 0 Å². The number of carbonyl (C=O) groups is 1. The quantitative estimate of drug-likeness (QED) is 0.754. The van der Waals surface area contributed by atoms with Gasteiger partial charge in [-0.3, -0.25) is 14.6 Å². The Morgan fingerprint density at radius 2 is 1.81 bits per heavy atom. The van der Waals surface area contributed by atoms with Crippen LogP contribution in [-0.4, -0.2) is 82.2 Å². The highest BCUT2D eigenvalue weighted by atomic mass is 16.3. The third-order valence-corrected chi connectivity index (χ3v) is 6.20. The van der Waals surface area contributed by atoms with Crippen LogP contribution in [-0.2, 0) is 4.79 Å². The second kappa shape index (κ2) is 4.93. The molecule has 4 rings (SSSR count). The molecular formula is C16H27N3O2. The van der Waals surface area contributed by atoms with Crippen LogP contribution < -0.4 is 0 Å². The first-order valence-corrected chi connectivity index (χ1v) is 8.52. The van der Waals surface area contributed by atoms with E-state index >= 15 is 0 Å². The summed E-state index contributed by atoms with van der Waals surface area (Å²) in [5.74, 6) is 0.190. The summed E-state index contributed by atoms with van der Waals surface area (Å²) in [5, 5.41) is 10.1. The number of piperazine rings is 1. The van der Waals surface area contributed by atoms with Crippen LogP contribution in [0.15, 0.2) is 0 Å². The van der Waals surface area contributed by atoms with E-state index in [0.29, 0.717) is 6.04 Å². The Morgan fingerprint density at radius 1 is 1.10 bits per heavy atom. The average Bonchev–Trinajstić information content (AvgIpc) is 3.02. The Labute approximate surface area is 126 Å². The smallest absolute Gasteiger partial charge is 0.219 e. The third-order valence-electron chi connectivity index (χ3n) is 6.20. The zero-order valence-electron chi connectivity index (χ0n) is 13.0. The van der Waals surface area contributed by atoms with Crippen molar-refractivity contribution in [3.8, 4) is 0 Å². The summed E-state index contributed by atoms with van der Waals surface area (Å²) in [6.07, 6.45) is 6.06. The summed E-state index contributed by atoms with van der Waals surface area (Å²) in [6, 6.07) is 1.14. The molecule has 1 N–H and O–H groups in total. The molecule has 0 bridgehead atoms. The number of hydrogen-bond acceptors (Lipinski definition) is 4. The first-order valence-electron chi connectivity index (χ1n) is 8.52. The largest absolute Gasteiger partial charge is 0.392 e. The summed E-state index contributed by atoms with van der Waals surface area (Å²) in [7, 11) is 0. The molecule has 3 saturated heterocycles. The van der Waals surface area contributed by atoms with E-state index in [0.717, 1.165) is 45.2 Å². The molecule has 2 unspecified atom stereocenters. The maximum absolute atomic E-state index is 11.9. The van der Waals surface area contributed by atoms with Gasteiger partial charge in [-0.05, 0) is 19.3 Å². The fraction of sp³-hybridized carbons (Fsp3) is 0.938. The Balaban J connectivity index is 1.51. The van der Waals surface area contributed by atoms with Gasteiger partial charge in [-0.1, -0.05) is 12.8 Å². The lowest BCUT2D eigenvalue weighted by Gasteiger charge is -2.62. The minimum Gasteiger partial charge on any atom is -0.392 e. The molecule has 0 aromatic carbocycles. The Hall–Kier alpha value is -0.650. The lowest BCUT2D eigenvalue weighted by Crippen LogP contribution is -2.79. The molecule has 0 aromatic heterocycles. The predicted molar refractivity (Wildman–Crippen MR) is 79.9 cm³/mol. The van der Waals surface area contributed by atoms with Gasteiger partial charge in [0.15, 0.2) is 0 Å². The first kappa shape index (κ1) is 14.0. The van der Waals surface area contributed by atoms with Gasteiger partial charge < -0.3 is 10.0 Å². The highest BCUT2D eigenvalue weighted by Gasteiger charge is 2.57. The second-order valence-corrected chi connectivity index (χ2v) is 7.66. The minimum atomic E-state index is -0.209. The molecule has 3 aliphatic heterocycles. The standard InChI is InChI=1S/C16H27N3O2/c1-12(20)17-7-14-6-15(21)8-19(14)16(9-17)10-18(11-16)13-4-2-3-5-13/h13-15,21H,2-11H2,1H3. The lowest BCUT2D eigenvalue weighted by molar-refractivity contribution is -0.151. The third kappa shape index (κ3) is 2.21. The van der Waals surface area contributed by atoms with Crippen molar-refractivity contribution in [3.63, 3.8) is 0 Å². The number of rotatable bonds is 1. The van der Waals surface area contributed by atoms with Crippen LogP contribution >= 0.6 is 0 Å². The molecule has 2 atom stereocenters. The van der Waals surface area contributed by atoms with Crippen molar-refractivity contribution in [2.45, 2.75) is 62.8 Å². The Bertz CT molecular complexity index is 429. The van der Waals surface area contributed by atoms with Gasteiger partial charge in [0.05, 0.1) is 11.6 Å². The van der Waals surface area contributed by atoms with E-state index in [-0.39, 0.29) is 17.6 Å². The van der Waals surface area contributed by atoms with Crippen LogP contribution in [0.4, 0.5) is 0 Å². The molecule has 0 radical (unpaired) electrons. The van der Waals surface area contributed by atoms with Crippen LogP contribution in [0, 0.1) is 0 Å². The fourth-order valence-corrected chi connectivity index (χ4v) is 5.17. The highest BCUT2D eigenvalue weighted by Crippen LogP contribution is 2.41.